The van der Waals surface area contributed by atoms with E-state index in [9.17, 15) is 25.5 Å². The summed E-state index contributed by atoms with van der Waals surface area (Å²) in [7, 11) is 0. The molecular formula is C45H60N4O7. The molecular weight excluding hydrogens is 709 g/mol. The fraction of sp³-hybridized carbons (Fsp3) is 0.511. The van der Waals surface area contributed by atoms with Gasteiger partial charge in [-0.3, -0.25) is 19.8 Å². The van der Waals surface area contributed by atoms with Crippen molar-refractivity contribution < 1.29 is 35.0 Å². The molecule has 2 aliphatic heterocycles. The standard InChI is InChI=1S/C45H60N4O7/c1-26(2)35-31-22-28(5)37(30(7)39(31)33(41(50)44(35)53)24-46-10-8-12-48-14-18-55-19-15-48)38-29(6)23-32-36(27(3)4)45(54)42(51)34(40(32)43(38)52)25-47-11-9-13-49-16-20-56-21-17-49/h22-27,50-54H,8-21H2,1-7H3. The van der Waals surface area contributed by atoms with Gasteiger partial charge in [-0.2, -0.15) is 0 Å². The van der Waals surface area contributed by atoms with E-state index in [1.165, 1.54) is 0 Å². The molecule has 0 unspecified atom stereocenters. The molecule has 0 radical (unpaired) electrons. The lowest BCUT2D eigenvalue weighted by Gasteiger charge is -2.26. The first-order chi connectivity index (χ1) is 26.8. The lowest BCUT2D eigenvalue weighted by molar-refractivity contribution is 0.0377. The van der Waals surface area contributed by atoms with Crippen LogP contribution >= 0.6 is 0 Å². The van der Waals surface area contributed by atoms with E-state index in [-0.39, 0.29) is 46.1 Å². The zero-order chi connectivity index (χ0) is 40.3. The number of morpholine rings is 2. The van der Waals surface area contributed by atoms with Crippen LogP contribution < -0.4 is 0 Å². The molecule has 4 aromatic rings. The van der Waals surface area contributed by atoms with Crippen molar-refractivity contribution in [1.29, 1.82) is 0 Å². The molecule has 11 nitrogen and oxygen atoms in total. The fourth-order valence-electron chi connectivity index (χ4n) is 8.68. The van der Waals surface area contributed by atoms with E-state index < -0.39 is 0 Å². The van der Waals surface area contributed by atoms with Crippen LogP contribution in [-0.4, -0.2) is 127 Å². The van der Waals surface area contributed by atoms with Gasteiger partial charge in [-0.25, -0.2) is 0 Å². The number of ether oxygens (including phenoxy) is 2. The molecule has 0 saturated carbocycles. The SMILES string of the molecule is Cc1cc2c(C(C)C)c(O)c(O)c(C=NCCCN3CCOCC3)c2c(C)c1-c1c(C)cc2c(C(C)C)c(O)c(O)c(C=NCCCN3CCOCC3)c2c1O. The van der Waals surface area contributed by atoms with E-state index in [2.05, 4.69) is 14.8 Å². The van der Waals surface area contributed by atoms with Crippen LogP contribution in [0.5, 0.6) is 28.7 Å². The normalized spacial score (nSPS) is 16.2. The summed E-state index contributed by atoms with van der Waals surface area (Å²) in [5, 5.41) is 60.9. The Morgan fingerprint density at radius 3 is 1.45 bits per heavy atom. The summed E-state index contributed by atoms with van der Waals surface area (Å²) in [6.07, 6.45) is 4.91. The van der Waals surface area contributed by atoms with Crippen LogP contribution in [0, 0.1) is 20.8 Å². The van der Waals surface area contributed by atoms with Gasteiger partial charge in [0.05, 0.1) is 26.4 Å². The van der Waals surface area contributed by atoms with Crippen molar-refractivity contribution in [2.24, 2.45) is 9.98 Å². The third-order valence-corrected chi connectivity index (χ3v) is 11.4. The molecule has 6 rings (SSSR count). The predicted octanol–water partition coefficient (Wildman–Crippen LogP) is 7.64. The van der Waals surface area contributed by atoms with E-state index in [4.69, 9.17) is 14.5 Å². The molecule has 4 aromatic carbocycles. The topological polar surface area (TPSA) is 151 Å². The average Bonchev–Trinajstić information content (AvgIpc) is 3.16. The maximum Gasteiger partial charge on any atom is 0.167 e. The highest BCUT2D eigenvalue weighted by molar-refractivity contribution is 6.14. The number of hydrogen-bond acceptors (Lipinski definition) is 11. The van der Waals surface area contributed by atoms with Gasteiger partial charge in [-0.05, 0) is 83.9 Å². The summed E-state index contributed by atoms with van der Waals surface area (Å²) >= 11 is 0. The van der Waals surface area contributed by atoms with Gasteiger partial charge in [-0.15, -0.1) is 0 Å². The van der Waals surface area contributed by atoms with Crippen molar-refractivity contribution in [3.63, 3.8) is 0 Å². The predicted molar refractivity (Wildman–Crippen MR) is 226 cm³/mol. The van der Waals surface area contributed by atoms with Gasteiger partial charge in [0.1, 0.15) is 5.75 Å². The summed E-state index contributed by atoms with van der Waals surface area (Å²) in [6, 6.07) is 4.00. The second kappa shape index (κ2) is 17.8. The van der Waals surface area contributed by atoms with Gasteiger partial charge >= 0.3 is 0 Å². The molecule has 0 aliphatic carbocycles. The Labute approximate surface area is 330 Å². The summed E-state index contributed by atoms with van der Waals surface area (Å²) < 4.78 is 10.9. The highest BCUT2D eigenvalue weighted by Gasteiger charge is 2.28. The molecule has 0 aromatic heterocycles. The van der Waals surface area contributed by atoms with Gasteiger partial charge in [0.25, 0.3) is 0 Å². The van der Waals surface area contributed by atoms with Gasteiger partial charge in [0.2, 0.25) is 0 Å². The minimum absolute atomic E-state index is 0.0251. The van der Waals surface area contributed by atoms with Gasteiger partial charge < -0.3 is 35.0 Å². The van der Waals surface area contributed by atoms with Crippen molar-refractivity contribution in [1.82, 2.24) is 9.80 Å². The van der Waals surface area contributed by atoms with E-state index in [0.717, 1.165) is 112 Å². The Morgan fingerprint density at radius 2 is 1.00 bits per heavy atom. The molecule has 0 spiro atoms. The van der Waals surface area contributed by atoms with Crippen LogP contribution in [-0.2, 0) is 9.47 Å². The van der Waals surface area contributed by atoms with Crippen molar-refractivity contribution in [3.8, 4) is 39.9 Å². The van der Waals surface area contributed by atoms with Gasteiger partial charge in [0, 0.05) is 98.0 Å². The highest BCUT2D eigenvalue weighted by Crippen LogP contribution is 2.52. The summed E-state index contributed by atoms with van der Waals surface area (Å²) in [6.45, 7) is 23.2. The number of phenols is 5. The summed E-state index contributed by atoms with van der Waals surface area (Å²) in [5.74, 6) is -1.17. The second-order valence-corrected chi connectivity index (χ2v) is 16.0. The number of aliphatic imine (C=N–C) groups is 2. The molecule has 2 fully saturated rings. The Bertz CT molecular complexity index is 1980. The first-order valence-corrected chi connectivity index (χ1v) is 20.2. The van der Waals surface area contributed by atoms with Crippen molar-refractivity contribution >= 4 is 34.0 Å². The third-order valence-electron chi connectivity index (χ3n) is 11.4. The average molecular weight is 769 g/mol. The van der Waals surface area contributed by atoms with E-state index >= 15 is 0 Å². The fourth-order valence-corrected chi connectivity index (χ4v) is 8.68. The zero-order valence-corrected chi connectivity index (χ0v) is 34.2. The molecule has 2 aliphatic rings. The third kappa shape index (κ3) is 8.18. The van der Waals surface area contributed by atoms with Crippen LogP contribution in [0.1, 0.15) is 91.3 Å². The number of benzene rings is 4. The molecule has 0 atom stereocenters. The minimum Gasteiger partial charge on any atom is -0.507 e. The zero-order valence-electron chi connectivity index (χ0n) is 34.2. The van der Waals surface area contributed by atoms with Crippen molar-refractivity contribution in [3.05, 3.63) is 51.1 Å². The Kier molecular flexibility index (Phi) is 13.1. The number of aryl methyl sites for hydroxylation is 3. The maximum atomic E-state index is 12.5. The smallest absolute Gasteiger partial charge is 0.167 e. The van der Waals surface area contributed by atoms with Crippen molar-refractivity contribution in [2.45, 2.75) is 73.1 Å². The highest BCUT2D eigenvalue weighted by atomic mass is 16.5. The Hall–Kier alpha value is -4.42. The molecule has 2 saturated heterocycles. The van der Waals surface area contributed by atoms with E-state index in [1.807, 2.05) is 60.6 Å². The maximum absolute atomic E-state index is 12.5. The second-order valence-electron chi connectivity index (χ2n) is 16.0. The van der Waals surface area contributed by atoms with Gasteiger partial charge in [-0.1, -0.05) is 39.8 Å². The lowest BCUT2D eigenvalue weighted by Crippen LogP contribution is -2.37. The van der Waals surface area contributed by atoms with Crippen molar-refractivity contribution in [2.75, 3.05) is 78.8 Å². The number of fused-ring (bicyclic) bond motifs is 2. The lowest BCUT2D eigenvalue weighted by atomic mass is 9.81. The largest absolute Gasteiger partial charge is 0.507 e. The van der Waals surface area contributed by atoms with Crippen LogP contribution in [0.2, 0.25) is 0 Å². The molecule has 5 N–H and O–H groups in total. The minimum atomic E-state index is -0.315. The number of phenolic OH excluding ortho intramolecular Hbond substituents is 5. The monoisotopic (exact) mass is 768 g/mol. The Morgan fingerprint density at radius 1 is 0.589 bits per heavy atom. The molecule has 2 heterocycles. The molecule has 302 valence electrons. The number of hydrogen-bond donors (Lipinski definition) is 5. The Balaban J connectivity index is 1.49. The summed E-state index contributed by atoms with van der Waals surface area (Å²) in [5.41, 5.74) is 5.73. The number of rotatable bonds is 13. The van der Waals surface area contributed by atoms with Crippen LogP contribution in [0.3, 0.4) is 0 Å². The van der Waals surface area contributed by atoms with Gasteiger partial charge in [0.15, 0.2) is 23.0 Å². The number of aromatic hydroxyl groups is 5. The molecule has 0 bridgehead atoms. The van der Waals surface area contributed by atoms with Crippen LogP contribution in [0.25, 0.3) is 32.7 Å². The van der Waals surface area contributed by atoms with E-state index in [0.29, 0.717) is 46.1 Å². The molecule has 56 heavy (non-hydrogen) atoms. The summed E-state index contributed by atoms with van der Waals surface area (Å²) in [4.78, 5) is 14.1. The van der Waals surface area contributed by atoms with Crippen LogP contribution in [0.4, 0.5) is 0 Å². The van der Waals surface area contributed by atoms with Crippen LogP contribution in [0.15, 0.2) is 22.1 Å². The number of nitrogens with zero attached hydrogens (tertiary/aromatic N) is 4. The first-order valence-electron chi connectivity index (χ1n) is 20.2. The molecule has 11 heteroatoms. The molecule has 0 amide bonds. The quantitative estimate of drug-likeness (QED) is 0.0525. The first kappa shape index (κ1) is 41.2. The van der Waals surface area contributed by atoms with E-state index in [1.54, 1.807) is 12.4 Å².